The number of amides is 1. The van der Waals surface area contributed by atoms with Gasteiger partial charge < -0.3 is 14.4 Å². The van der Waals surface area contributed by atoms with Crippen molar-refractivity contribution in [2.45, 2.75) is 77.9 Å². The Labute approximate surface area is 198 Å². The van der Waals surface area contributed by atoms with Gasteiger partial charge in [-0.2, -0.15) is 0 Å². The van der Waals surface area contributed by atoms with Crippen LogP contribution in [0.4, 0.5) is 4.79 Å². The van der Waals surface area contributed by atoms with Crippen LogP contribution in [-0.2, 0) is 20.9 Å². The van der Waals surface area contributed by atoms with Gasteiger partial charge in [0.25, 0.3) is 0 Å². The van der Waals surface area contributed by atoms with E-state index in [2.05, 4.69) is 18.2 Å². The average molecular weight is 454 g/mol. The van der Waals surface area contributed by atoms with Gasteiger partial charge in [0.1, 0.15) is 11.4 Å². The molecule has 0 aromatic heterocycles. The zero-order valence-electron chi connectivity index (χ0n) is 20.5. The van der Waals surface area contributed by atoms with E-state index in [9.17, 15) is 9.59 Å². The normalized spacial score (nSPS) is 28.2. The summed E-state index contributed by atoms with van der Waals surface area (Å²) in [6.07, 6.45) is 8.25. The van der Waals surface area contributed by atoms with Crippen LogP contribution in [0.15, 0.2) is 42.0 Å². The summed E-state index contributed by atoms with van der Waals surface area (Å²) in [4.78, 5) is 28.1. The van der Waals surface area contributed by atoms with Gasteiger partial charge in [-0.1, -0.05) is 42.0 Å². The summed E-state index contributed by atoms with van der Waals surface area (Å²) in [5.41, 5.74) is 1.72. The van der Waals surface area contributed by atoms with E-state index in [1.54, 1.807) is 0 Å². The first-order valence-electron chi connectivity index (χ1n) is 12.6. The molecule has 1 saturated carbocycles. The number of hydrogen-bond donors (Lipinski definition) is 0. The summed E-state index contributed by atoms with van der Waals surface area (Å²) in [7, 11) is 0. The van der Waals surface area contributed by atoms with Gasteiger partial charge in [0.05, 0.1) is 18.6 Å². The molecule has 1 spiro atoms. The van der Waals surface area contributed by atoms with Crippen LogP contribution < -0.4 is 0 Å². The minimum atomic E-state index is -0.491. The number of allylic oxidation sites excluding steroid dienone is 2. The quantitative estimate of drug-likeness (QED) is 0.531. The minimum absolute atomic E-state index is 0.233. The Bertz CT molecular complexity index is 872. The van der Waals surface area contributed by atoms with E-state index in [0.29, 0.717) is 50.3 Å². The molecule has 1 saturated heterocycles. The molecule has 1 heterocycles. The Kier molecular flexibility index (Phi) is 7.28. The SMILES string of the molecule is CC(C)(C)OC(=O)N1CCCC2=CCC3CC(COCc4ccccc4)CC(=O)C23CCC1. The van der Waals surface area contributed by atoms with Crippen molar-refractivity contribution in [1.29, 1.82) is 0 Å². The molecule has 2 aliphatic carbocycles. The molecule has 0 bridgehead atoms. The highest BCUT2D eigenvalue weighted by Gasteiger charge is 2.53. The molecule has 5 nitrogen and oxygen atoms in total. The maximum atomic E-state index is 13.7. The summed E-state index contributed by atoms with van der Waals surface area (Å²) < 4.78 is 11.6. The lowest BCUT2D eigenvalue weighted by Gasteiger charge is -2.43. The third-order valence-corrected chi connectivity index (χ3v) is 7.50. The number of benzene rings is 1. The van der Waals surface area contributed by atoms with E-state index < -0.39 is 5.60 Å². The molecule has 180 valence electrons. The molecule has 1 aromatic carbocycles. The molecule has 1 aliphatic heterocycles. The maximum Gasteiger partial charge on any atom is 0.410 e. The third kappa shape index (κ3) is 5.51. The predicted molar refractivity (Wildman–Crippen MR) is 129 cm³/mol. The lowest BCUT2D eigenvalue weighted by atomic mass is 9.59. The smallest absolute Gasteiger partial charge is 0.410 e. The molecule has 0 N–H and O–H groups in total. The summed E-state index contributed by atoms with van der Waals surface area (Å²) in [6, 6.07) is 10.2. The molecule has 1 amide bonds. The van der Waals surface area contributed by atoms with Crippen molar-refractivity contribution in [2.24, 2.45) is 17.3 Å². The number of ketones is 1. The molecule has 2 fully saturated rings. The molecular weight excluding hydrogens is 414 g/mol. The van der Waals surface area contributed by atoms with Crippen LogP contribution in [0.1, 0.15) is 71.3 Å². The van der Waals surface area contributed by atoms with Crippen molar-refractivity contribution in [3.05, 3.63) is 47.5 Å². The van der Waals surface area contributed by atoms with Gasteiger partial charge in [0.15, 0.2) is 0 Å². The zero-order valence-corrected chi connectivity index (χ0v) is 20.5. The summed E-state index contributed by atoms with van der Waals surface area (Å²) in [5.74, 6) is 1.09. The van der Waals surface area contributed by atoms with E-state index in [1.165, 1.54) is 11.1 Å². The Morgan fingerprint density at radius 2 is 1.91 bits per heavy atom. The van der Waals surface area contributed by atoms with Gasteiger partial charge in [0, 0.05) is 19.5 Å². The largest absolute Gasteiger partial charge is 0.444 e. The lowest BCUT2D eigenvalue weighted by molar-refractivity contribution is -0.135. The second kappa shape index (κ2) is 10.0. The number of nitrogens with zero attached hydrogens (tertiary/aromatic N) is 1. The molecule has 33 heavy (non-hydrogen) atoms. The fourth-order valence-electron chi connectivity index (χ4n) is 6.07. The molecule has 3 atom stereocenters. The summed E-state index contributed by atoms with van der Waals surface area (Å²) in [5, 5.41) is 0. The molecule has 0 radical (unpaired) electrons. The fraction of sp³-hybridized carbons (Fsp3) is 0.643. The van der Waals surface area contributed by atoms with Crippen molar-refractivity contribution in [2.75, 3.05) is 19.7 Å². The number of Topliss-reactive ketones (excluding diaryl/α,β-unsaturated/α-hetero) is 1. The Morgan fingerprint density at radius 3 is 2.67 bits per heavy atom. The predicted octanol–water partition coefficient (Wildman–Crippen LogP) is 5.93. The molecule has 4 rings (SSSR count). The van der Waals surface area contributed by atoms with Gasteiger partial charge >= 0.3 is 6.09 Å². The highest BCUT2D eigenvalue weighted by molar-refractivity contribution is 5.90. The Balaban J connectivity index is 1.37. The van der Waals surface area contributed by atoms with Crippen LogP contribution in [0, 0.1) is 17.3 Å². The minimum Gasteiger partial charge on any atom is -0.444 e. The van der Waals surface area contributed by atoms with Gasteiger partial charge in [-0.3, -0.25) is 4.79 Å². The number of carbonyl (C=O) groups is 2. The highest BCUT2D eigenvalue weighted by Crippen LogP contribution is 2.56. The van der Waals surface area contributed by atoms with Crippen molar-refractivity contribution in [1.82, 2.24) is 4.90 Å². The molecule has 5 heteroatoms. The second-order valence-electron chi connectivity index (χ2n) is 11.0. The van der Waals surface area contributed by atoms with Gasteiger partial charge in [-0.25, -0.2) is 4.79 Å². The van der Waals surface area contributed by atoms with Crippen LogP contribution in [-0.4, -0.2) is 42.1 Å². The summed E-state index contributed by atoms with van der Waals surface area (Å²) >= 11 is 0. The molecular formula is C28H39NO4. The summed E-state index contributed by atoms with van der Waals surface area (Å²) in [6.45, 7) is 8.31. The van der Waals surface area contributed by atoms with E-state index in [1.807, 2.05) is 43.9 Å². The average Bonchev–Trinajstić information content (AvgIpc) is 3.14. The highest BCUT2D eigenvalue weighted by atomic mass is 16.6. The zero-order chi connectivity index (χ0) is 23.5. The van der Waals surface area contributed by atoms with Crippen molar-refractivity contribution in [3.63, 3.8) is 0 Å². The van der Waals surface area contributed by atoms with Gasteiger partial charge in [-0.05, 0) is 76.7 Å². The Hall–Kier alpha value is -2.14. The van der Waals surface area contributed by atoms with Crippen LogP contribution in [0.3, 0.4) is 0 Å². The van der Waals surface area contributed by atoms with E-state index >= 15 is 0 Å². The number of hydrogen-bond acceptors (Lipinski definition) is 4. The standard InChI is InChI=1S/C28H39NO4/c1-27(2,3)33-26(31)29-15-7-11-23-12-13-24-17-22(18-25(30)28(23,24)14-8-16-29)20-32-19-21-9-5-4-6-10-21/h4-6,9-10,12,22,24H,7-8,11,13-20H2,1-3H3. The Morgan fingerprint density at radius 1 is 1.15 bits per heavy atom. The van der Waals surface area contributed by atoms with Crippen molar-refractivity contribution >= 4 is 11.9 Å². The number of carbonyl (C=O) groups excluding carboxylic acids is 2. The van der Waals surface area contributed by atoms with E-state index in [4.69, 9.17) is 9.47 Å². The van der Waals surface area contributed by atoms with Crippen LogP contribution in [0.2, 0.25) is 0 Å². The first-order valence-corrected chi connectivity index (χ1v) is 12.6. The van der Waals surface area contributed by atoms with Gasteiger partial charge in [-0.15, -0.1) is 0 Å². The number of rotatable bonds is 4. The molecule has 3 aliphatic rings. The van der Waals surface area contributed by atoms with E-state index in [-0.39, 0.29) is 11.5 Å². The van der Waals surface area contributed by atoms with E-state index in [0.717, 1.165) is 38.5 Å². The first-order chi connectivity index (χ1) is 15.8. The first kappa shape index (κ1) is 24.0. The van der Waals surface area contributed by atoms with Crippen LogP contribution in [0.5, 0.6) is 0 Å². The lowest BCUT2D eigenvalue weighted by Crippen LogP contribution is -2.44. The van der Waals surface area contributed by atoms with Crippen molar-refractivity contribution < 1.29 is 19.1 Å². The fourth-order valence-corrected chi connectivity index (χ4v) is 6.07. The number of ether oxygens (including phenoxy) is 2. The monoisotopic (exact) mass is 453 g/mol. The second-order valence-corrected chi connectivity index (χ2v) is 11.0. The third-order valence-electron chi connectivity index (χ3n) is 7.50. The van der Waals surface area contributed by atoms with Crippen LogP contribution >= 0.6 is 0 Å². The topological polar surface area (TPSA) is 55.8 Å². The maximum absolute atomic E-state index is 13.7. The van der Waals surface area contributed by atoms with Crippen molar-refractivity contribution in [3.8, 4) is 0 Å². The van der Waals surface area contributed by atoms with Gasteiger partial charge in [0.2, 0.25) is 0 Å². The van der Waals surface area contributed by atoms with Crippen LogP contribution in [0.25, 0.3) is 0 Å². The molecule has 1 aromatic rings. The molecule has 3 unspecified atom stereocenters.